The maximum atomic E-state index is 8.60. The Morgan fingerprint density at radius 3 is 2.46 bits per heavy atom. The van der Waals surface area contributed by atoms with Crippen LogP contribution in [-0.2, 0) is 5.41 Å². The molecule has 0 aliphatic rings. The zero-order chi connectivity index (χ0) is 10.1. The number of rotatable bonds is 0. The molecule has 0 spiro atoms. The van der Waals surface area contributed by atoms with Gasteiger partial charge >= 0.3 is 0 Å². The molecule has 4 heteroatoms. The second kappa shape index (κ2) is 3.31. The Kier molecular flexibility index (Phi) is 2.53. The SMILES string of the molecule is CC(C)(C)c1ncc(C#N)c(Cl)n1. The van der Waals surface area contributed by atoms with Crippen LogP contribution >= 0.6 is 11.6 Å². The molecule has 0 aliphatic heterocycles. The van der Waals surface area contributed by atoms with Crippen LogP contribution in [0, 0.1) is 11.3 Å². The second-order valence-corrected chi connectivity index (χ2v) is 4.12. The Bertz CT molecular complexity index is 360. The van der Waals surface area contributed by atoms with Gasteiger partial charge in [-0.1, -0.05) is 32.4 Å². The third-order valence-corrected chi connectivity index (χ3v) is 1.82. The number of halogens is 1. The fourth-order valence-corrected chi connectivity index (χ4v) is 0.968. The summed E-state index contributed by atoms with van der Waals surface area (Å²) in [7, 11) is 0. The molecule has 0 unspecified atom stereocenters. The van der Waals surface area contributed by atoms with Crippen LogP contribution in [0.4, 0.5) is 0 Å². The van der Waals surface area contributed by atoms with Gasteiger partial charge < -0.3 is 0 Å². The molecule has 0 bridgehead atoms. The van der Waals surface area contributed by atoms with E-state index in [0.717, 1.165) is 0 Å². The number of nitriles is 1. The minimum atomic E-state index is -0.141. The summed E-state index contributed by atoms with van der Waals surface area (Å²) < 4.78 is 0. The molecule has 1 heterocycles. The highest BCUT2D eigenvalue weighted by molar-refractivity contribution is 6.30. The van der Waals surface area contributed by atoms with Gasteiger partial charge in [0.1, 0.15) is 17.5 Å². The van der Waals surface area contributed by atoms with Crippen LogP contribution in [0.25, 0.3) is 0 Å². The van der Waals surface area contributed by atoms with Gasteiger partial charge in [0, 0.05) is 11.6 Å². The van der Waals surface area contributed by atoms with Gasteiger partial charge in [0.2, 0.25) is 0 Å². The maximum Gasteiger partial charge on any atom is 0.150 e. The lowest BCUT2D eigenvalue weighted by Crippen LogP contribution is -2.16. The summed E-state index contributed by atoms with van der Waals surface area (Å²) in [6, 6.07) is 1.92. The standard InChI is InChI=1S/C9H10ClN3/c1-9(2,3)8-12-5-6(4-11)7(10)13-8/h5H,1-3H3. The number of hydrogen-bond donors (Lipinski definition) is 0. The molecule has 0 N–H and O–H groups in total. The molecule has 0 atom stereocenters. The molecule has 13 heavy (non-hydrogen) atoms. The Hall–Kier alpha value is -1.14. The Morgan fingerprint density at radius 1 is 1.46 bits per heavy atom. The molecule has 68 valence electrons. The van der Waals surface area contributed by atoms with E-state index in [1.165, 1.54) is 6.20 Å². The molecule has 0 aliphatic carbocycles. The Labute approximate surface area is 82.4 Å². The average Bonchev–Trinajstić information content (AvgIpc) is 2.02. The molecule has 0 radical (unpaired) electrons. The quantitative estimate of drug-likeness (QED) is 0.597. The predicted octanol–water partition coefficient (Wildman–Crippen LogP) is 2.30. The number of nitrogens with zero attached hydrogens (tertiary/aromatic N) is 3. The maximum absolute atomic E-state index is 8.60. The predicted molar refractivity (Wildman–Crippen MR) is 50.5 cm³/mol. The normalized spacial score (nSPS) is 11.0. The van der Waals surface area contributed by atoms with E-state index in [0.29, 0.717) is 11.4 Å². The highest BCUT2D eigenvalue weighted by atomic mass is 35.5. The average molecular weight is 196 g/mol. The molecule has 1 aromatic heterocycles. The molecule has 0 fully saturated rings. The summed E-state index contributed by atoms with van der Waals surface area (Å²) in [5.41, 5.74) is 0.173. The van der Waals surface area contributed by atoms with Gasteiger partial charge in [-0.3, -0.25) is 0 Å². The van der Waals surface area contributed by atoms with E-state index in [1.807, 2.05) is 26.8 Å². The van der Waals surface area contributed by atoms with Crippen LogP contribution < -0.4 is 0 Å². The van der Waals surface area contributed by atoms with Crippen molar-refractivity contribution in [1.29, 1.82) is 5.26 Å². The van der Waals surface area contributed by atoms with Crippen LogP contribution in [0.5, 0.6) is 0 Å². The summed E-state index contributed by atoms with van der Waals surface area (Å²) >= 11 is 5.76. The molecule has 0 aromatic carbocycles. The summed E-state index contributed by atoms with van der Waals surface area (Å²) in [6.45, 7) is 5.97. The van der Waals surface area contributed by atoms with E-state index in [1.54, 1.807) is 0 Å². The van der Waals surface area contributed by atoms with Crippen LogP contribution in [-0.4, -0.2) is 9.97 Å². The van der Waals surface area contributed by atoms with E-state index in [4.69, 9.17) is 16.9 Å². The third-order valence-electron chi connectivity index (χ3n) is 1.53. The van der Waals surface area contributed by atoms with Crippen molar-refractivity contribution < 1.29 is 0 Å². The van der Waals surface area contributed by atoms with Gasteiger partial charge in [-0.15, -0.1) is 0 Å². The summed E-state index contributed by atoms with van der Waals surface area (Å²) in [5, 5.41) is 8.82. The number of aromatic nitrogens is 2. The first kappa shape index (κ1) is 9.94. The lowest BCUT2D eigenvalue weighted by molar-refractivity contribution is 0.545. The van der Waals surface area contributed by atoms with Crippen LogP contribution in [0.3, 0.4) is 0 Å². The second-order valence-electron chi connectivity index (χ2n) is 3.76. The van der Waals surface area contributed by atoms with Gasteiger partial charge in [0.15, 0.2) is 5.15 Å². The minimum Gasteiger partial charge on any atom is -0.239 e. The van der Waals surface area contributed by atoms with Crippen molar-refractivity contribution in [3.8, 4) is 6.07 Å². The van der Waals surface area contributed by atoms with Crippen molar-refractivity contribution in [3.63, 3.8) is 0 Å². The smallest absolute Gasteiger partial charge is 0.150 e. The van der Waals surface area contributed by atoms with Crippen molar-refractivity contribution >= 4 is 11.6 Å². The van der Waals surface area contributed by atoms with Gasteiger partial charge in [-0.25, -0.2) is 9.97 Å². The van der Waals surface area contributed by atoms with Gasteiger partial charge in [-0.05, 0) is 0 Å². The largest absolute Gasteiger partial charge is 0.239 e. The Morgan fingerprint density at radius 2 is 2.08 bits per heavy atom. The fraction of sp³-hybridized carbons (Fsp3) is 0.444. The molecular formula is C9H10ClN3. The van der Waals surface area contributed by atoms with E-state index in [2.05, 4.69) is 9.97 Å². The van der Waals surface area contributed by atoms with Crippen molar-refractivity contribution in [2.45, 2.75) is 26.2 Å². The summed E-state index contributed by atoms with van der Waals surface area (Å²) in [4.78, 5) is 8.11. The molecular weight excluding hydrogens is 186 g/mol. The third kappa shape index (κ3) is 2.16. The highest BCUT2D eigenvalue weighted by Gasteiger charge is 2.18. The molecule has 0 amide bonds. The summed E-state index contributed by atoms with van der Waals surface area (Å²) in [6.07, 6.45) is 1.45. The van der Waals surface area contributed by atoms with E-state index < -0.39 is 0 Å². The van der Waals surface area contributed by atoms with Gasteiger partial charge in [0.25, 0.3) is 0 Å². The zero-order valence-corrected chi connectivity index (χ0v) is 8.55. The molecule has 1 rings (SSSR count). The first-order valence-electron chi connectivity index (χ1n) is 3.88. The van der Waals surface area contributed by atoms with E-state index in [9.17, 15) is 0 Å². The molecule has 3 nitrogen and oxygen atoms in total. The van der Waals surface area contributed by atoms with E-state index in [-0.39, 0.29) is 10.6 Å². The van der Waals surface area contributed by atoms with Crippen LogP contribution in [0.15, 0.2) is 6.20 Å². The Balaban J connectivity index is 3.20. The monoisotopic (exact) mass is 195 g/mol. The minimum absolute atomic E-state index is 0.141. The van der Waals surface area contributed by atoms with Gasteiger partial charge in [0.05, 0.1) is 0 Å². The van der Waals surface area contributed by atoms with Crippen molar-refractivity contribution in [3.05, 3.63) is 22.7 Å². The van der Waals surface area contributed by atoms with Crippen LogP contribution in [0.1, 0.15) is 32.2 Å². The van der Waals surface area contributed by atoms with Gasteiger partial charge in [-0.2, -0.15) is 5.26 Å². The highest BCUT2D eigenvalue weighted by Crippen LogP contribution is 2.20. The van der Waals surface area contributed by atoms with Crippen molar-refractivity contribution in [1.82, 2.24) is 9.97 Å². The lowest BCUT2D eigenvalue weighted by atomic mass is 9.96. The van der Waals surface area contributed by atoms with E-state index >= 15 is 0 Å². The topological polar surface area (TPSA) is 49.6 Å². The van der Waals surface area contributed by atoms with Crippen molar-refractivity contribution in [2.75, 3.05) is 0 Å². The zero-order valence-electron chi connectivity index (χ0n) is 7.80. The first-order chi connectivity index (χ1) is 5.95. The van der Waals surface area contributed by atoms with Crippen LogP contribution in [0.2, 0.25) is 5.15 Å². The lowest BCUT2D eigenvalue weighted by Gasteiger charge is -2.15. The first-order valence-corrected chi connectivity index (χ1v) is 4.26. The van der Waals surface area contributed by atoms with Crippen molar-refractivity contribution in [2.24, 2.45) is 0 Å². The number of hydrogen-bond acceptors (Lipinski definition) is 3. The fourth-order valence-electron chi connectivity index (χ4n) is 0.797. The molecule has 0 saturated carbocycles. The summed E-state index contributed by atoms with van der Waals surface area (Å²) in [5.74, 6) is 0.650. The molecule has 1 aromatic rings. The molecule has 0 saturated heterocycles.